The smallest absolute Gasteiger partial charge is 0.343 e. The largest absolute Gasteiger partial charge is 0.482 e. The van der Waals surface area contributed by atoms with Gasteiger partial charge in [0.1, 0.15) is 11.3 Å². The van der Waals surface area contributed by atoms with Crippen molar-refractivity contribution in [3.63, 3.8) is 0 Å². The molecule has 0 radical (unpaired) electrons. The van der Waals surface area contributed by atoms with Crippen molar-refractivity contribution in [3.8, 4) is 5.75 Å². The number of rotatable bonds is 5. The number of hydrogen-bond acceptors (Lipinski definition) is 6. The van der Waals surface area contributed by atoms with Gasteiger partial charge < -0.3 is 25.3 Å². The number of esters is 1. The molecule has 1 aliphatic heterocycles. The molecule has 0 aromatic heterocycles. The van der Waals surface area contributed by atoms with E-state index in [-0.39, 0.29) is 12.5 Å². The minimum Gasteiger partial charge on any atom is -0.482 e. The molecule has 0 atom stereocenters. The molecular formula is C15H20N2O5. The van der Waals surface area contributed by atoms with Gasteiger partial charge in [-0.2, -0.15) is 0 Å². The third kappa shape index (κ3) is 4.19. The second-order valence-corrected chi connectivity index (χ2v) is 5.12. The van der Waals surface area contributed by atoms with Crippen LogP contribution in [-0.2, 0) is 19.1 Å². The molecule has 7 nitrogen and oxygen atoms in total. The average Bonchev–Trinajstić information content (AvgIpc) is 2.53. The molecule has 0 saturated carbocycles. The van der Waals surface area contributed by atoms with Gasteiger partial charge in [-0.15, -0.1) is 0 Å². The van der Waals surface area contributed by atoms with Gasteiger partial charge in [0.2, 0.25) is 5.91 Å². The fourth-order valence-electron chi connectivity index (χ4n) is 2.08. The highest BCUT2D eigenvalue weighted by atomic mass is 16.6. The molecule has 0 bridgehead atoms. The summed E-state index contributed by atoms with van der Waals surface area (Å²) >= 11 is 0. The van der Waals surface area contributed by atoms with E-state index in [0.29, 0.717) is 37.5 Å². The third-order valence-corrected chi connectivity index (χ3v) is 3.51. The van der Waals surface area contributed by atoms with Gasteiger partial charge in [0.25, 0.3) is 0 Å². The highest BCUT2D eigenvalue weighted by Crippen LogP contribution is 2.22. The first-order valence-electron chi connectivity index (χ1n) is 7.01. The lowest BCUT2D eigenvalue weighted by Gasteiger charge is -2.31. The number of amides is 1. The summed E-state index contributed by atoms with van der Waals surface area (Å²) in [5.41, 5.74) is 5.76. The van der Waals surface area contributed by atoms with Crippen LogP contribution in [0, 0.1) is 0 Å². The van der Waals surface area contributed by atoms with Crippen LogP contribution >= 0.6 is 0 Å². The van der Waals surface area contributed by atoms with Crippen LogP contribution in [0.1, 0.15) is 12.8 Å². The predicted molar refractivity (Wildman–Crippen MR) is 79.6 cm³/mol. The second-order valence-electron chi connectivity index (χ2n) is 5.12. The lowest BCUT2D eigenvalue weighted by Crippen LogP contribution is -2.54. The molecule has 1 aromatic carbocycles. The van der Waals surface area contributed by atoms with E-state index >= 15 is 0 Å². The molecule has 2 rings (SSSR count). The summed E-state index contributed by atoms with van der Waals surface area (Å²) in [6.45, 7) is 0.768. The van der Waals surface area contributed by atoms with E-state index in [0.717, 1.165) is 0 Å². The van der Waals surface area contributed by atoms with Gasteiger partial charge in [-0.3, -0.25) is 4.79 Å². The van der Waals surface area contributed by atoms with Gasteiger partial charge >= 0.3 is 5.97 Å². The number of benzene rings is 1. The minimum absolute atomic E-state index is 0.188. The van der Waals surface area contributed by atoms with E-state index in [9.17, 15) is 9.59 Å². The summed E-state index contributed by atoms with van der Waals surface area (Å²) < 4.78 is 15.0. The highest BCUT2D eigenvalue weighted by Gasteiger charge is 2.35. The molecule has 0 unspecified atom stereocenters. The fourth-order valence-corrected chi connectivity index (χ4v) is 2.08. The van der Waals surface area contributed by atoms with Crippen molar-refractivity contribution in [2.45, 2.75) is 18.4 Å². The minimum atomic E-state index is -0.916. The molecule has 0 aliphatic carbocycles. The van der Waals surface area contributed by atoms with Crippen molar-refractivity contribution in [2.75, 3.05) is 32.2 Å². The second kappa shape index (κ2) is 7.24. The summed E-state index contributed by atoms with van der Waals surface area (Å²) in [4.78, 5) is 23.4. The van der Waals surface area contributed by atoms with E-state index in [1.165, 1.54) is 7.11 Å². The van der Waals surface area contributed by atoms with Gasteiger partial charge in [-0.1, -0.05) is 6.07 Å². The van der Waals surface area contributed by atoms with Crippen LogP contribution in [0.2, 0.25) is 0 Å². The lowest BCUT2D eigenvalue weighted by atomic mass is 9.90. The van der Waals surface area contributed by atoms with Crippen molar-refractivity contribution in [1.29, 1.82) is 0 Å². The number of nitrogens with two attached hydrogens (primary N) is 1. The Bertz CT molecular complexity index is 540. The summed E-state index contributed by atoms with van der Waals surface area (Å²) in [5.74, 6) is -0.264. The lowest BCUT2D eigenvalue weighted by molar-refractivity contribution is -0.142. The van der Waals surface area contributed by atoms with Crippen LogP contribution in [0.3, 0.4) is 0 Å². The molecule has 1 aliphatic rings. The van der Waals surface area contributed by atoms with Crippen molar-refractivity contribution in [1.82, 2.24) is 0 Å². The van der Waals surface area contributed by atoms with Crippen LogP contribution < -0.4 is 15.8 Å². The maximum absolute atomic E-state index is 12.3. The molecule has 22 heavy (non-hydrogen) atoms. The number of anilines is 1. The van der Waals surface area contributed by atoms with Gasteiger partial charge in [0.05, 0.1) is 7.11 Å². The Labute approximate surface area is 128 Å². The molecule has 1 amide bonds. The predicted octanol–water partition coefficient (Wildman–Crippen LogP) is 0.685. The van der Waals surface area contributed by atoms with Crippen molar-refractivity contribution >= 4 is 17.6 Å². The van der Waals surface area contributed by atoms with E-state index in [2.05, 4.69) is 10.1 Å². The Hall–Kier alpha value is -2.12. The van der Waals surface area contributed by atoms with Gasteiger partial charge in [0.15, 0.2) is 6.61 Å². The number of carbonyl (C=O) groups excluding carboxylic acids is 2. The first kappa shape index (κ1) is 16.3. The van der Waals surface area contributed by atoms with E-state index < -0.39 is 11.5 Å². The van der Waals surface area contributed by atoms with Crippen LogP contribution in [-0.4, -0.2) is 44.3 Å². The standard InChI is InChI=1S/C15H20N2O5/c1-20-13(18)10-22-12-4-2-3-11(9-12)17-14(19)15(16)5-7-21-8-6-15/h2-4,9H,5-8,10,16H2,1H3,(H,17,19). The van der Waals surface area contributed by atoms with Crippen LogP contribution in [0.15, 0.2) is 24.3 Å². The Balaban J connectivity index is 1.97. The van der Waals surface area contributed by atoms with E-state index in [1.807, 2.05) is 0 Å². The summed E-state index contributed by atoms with van der Waals surface area (Å²) in [6, 6.07) is 6.76. The summed E-state index contributed by atoms with van der Waals surface area (Å²) in [7, 11) is 1.29. The van der Waals surface area contributed by atoms with Crippen molar-refractivity contribution < 1.29 is 23.8 Å². The van der Waals surface area contributed by atoms with E-state index in [1.54, 1.807) is 24.3 Å². The zero-order chi connectivity index (χ0) is 16.0. The molecule has 3 N–H and O–H groups in total. The first-order valence-corrected chi connectivity index (χ1v) is 7.01. The van der Waals surface area contributed by atoms with Crippen LogP contribution in [0.5, 0.6) is 5.75 Å². The Kier molecular flexibility index (Phi) is 5.35. The number of hydrogen-bond donors (Lipinski definition) is 2. The Morgan fingerprint density at radius 2 is 2.09 bits per heavy atom. The van der Waals surface area contributed by atoms with Gasteiger partial charge in [-0.05, 0) is 25.0 Å². The fraction of sp³-hybridized carbons (Fsp3) is 0.467. The average molecular weight is 308 g/mol. The molecule has 7 heteroatoms. The maximum Gasteiger partial charge on any atom is 0.343 e. The number of carbonyl (C=O) groups is 2. The molecule has 1 aromatic rings. The molecule has 1 saturated heterocycles. The highest BCUT2D eigenvalue weighted by molar-refractivity contribution is 5.98. The maximum atomic E-state index is 12.3. The molecule has 0 spiro atoms. The SMILES string of the molecule is COC(=O)COc1cccc(NC(=O)C2(N)CCOCC2)c1. The topological polar surface area (TPSA) is 99.9 Å². The zero-order valence-corrected chi connectivity index (χ0v) is 12.5. The molecule has 1 fully saturated rings. The monoisotopic (exact) mass is 308 g/mol. The molecule has 1 heterocycles. The third-order valence-electron chi connectivity index (χ3n) is 3.51. The van der Waals surface area contributed by atoms with Crippen LogP contribution in [0.25, 0.3) is 0 Å². The normalized spacial score (nSPS) is 16.6. The van der Waals surface area contributed by atoms with Crippen molar-refractivity contribution in [3.05, 3.63) is 24.3 Å². The summed E-state index contributed by atoms with van der Waals surface area (Å²) in [6.07, 6.45) is 0.967. The molecular weight excluding hydrogens is 288 g/mol. The first-order chi connectivity index (χ1) is 10.5. The number of ether oxygens (including phenoxy) is 3. The summed E-state index contributed by atoms with van der Waals surface area (Å²) in [5, 5.41) is 2.78. The van der Waals surface area contributed by atoms with E-state index in [4.69, 9.17) is 15.2 Å². The van der Waals surface area contributed by atoms with Crippen LogP contribution in [0.4, 0.5) is 5.69 Å². The quantitative estimate of drug-likeness (QED) is 0.776. The van der Waals surface area contributed by atoms with Gasteiger partial charge in [0, 0.05) is 25.0 Å². The van der Waals surface area contributed by atoms with Crippen molar-refractivity contribution in [2.24, 2.45) is 5.73 Å². The number of methoxy groups -OCH3 is 1. The zero-order valence-electron chi connectivity index (χ0n) is 12.5. The Morgan fingerprint density at radius 3 is 2.77 bits per heavy atom. The Morgan fingerprint density at radius 1 is 1.36 bits per heavy atom. The molecule has 120 valence electrons. The van der Waals surface area contributed by atoms with Gasteiger partial charge in [-0.25, -0.2) is 4.79 Å². The number of nitrogens with one attached hydrogen (secondary N) is 1.